The first kappa shape index (κ1) is 25.5. The van der Waals surface area contributed by atoms with E-state index in [1.54, 1.807) is 12.1 Å². The number of anilines is 1. The SMILES string of the molecule is O=C(CN1C(=O)COc2ccc(S(=O)(=O)N3CCCCCC3)cc21)N1CCC(N2CCCCC2)CC1. The van der Waals surface area contributed by atoms with E-state index in [4.69, 9.17) is 4.74 Å². The number of fused-ring (bicyclic) bond motifs is 1. The zero-order valence-corrected chi connectivity index (χ0v) is 21.9. The topological polar surface area (TPSA) is 90.5 Å². The van der Waals surface area contributed by atoms with Gasteiger partial charge in [-0.05, 0) is 69.8 Å². The van der Waals surface area contributed by atoms with E-state index in [-0.39, 0.29) is 29.9 Å². The number of hydrogen-bond donors (Lipinski definition) is 0. The van der Waals surface area contributed by atoms with Gasteiger partial charge < -0.3 is 14.5 Å². The molecule has 0 spiro atoms. The quantitative estimate of drug-likeness (QED) is 0.595. The van der Waals surface area contributed by atoms with E-state index in [9.17, 15) is 18.0 Å². The van der Waals surface area contributed by atoms with E-state index in [2.05, 4.69) is 4.90 Å². The molecule has 0 atom stereocenters. The molecule has 1 aromatic rings. The number of carbonyl (C=O) groups is 2. The van der Waals surface area contributed by atoms with E-state index in [0.717, 1.165) is 51.6 Å². The first-order valence-corrected chi connectivity index (χ1v) is 15.0. The number of likely N-dealkylation sites (tertiary alicyclic amines) is 2. The van der Waals surface area contributed by atoms with Gasteiger partial charge in [-0.25, -0.2) is 8.42 Å². The van der Waals surface area contributed by atoms with Crippen molar-refractivity contribution in [2.24, 2.45) is 0 Å². The molecule has 4 aliphatic rings. The molecule has 0 aromatic heterocycles. The Morgan fingerprint density at radius 2 is 1.53 bits per heavy atom. The molecule has 0 unspecified atom stereocenters. The van der Waals surface area contributed by atoms with Gasteiger partial charge in [-0.15, -0.1) is 0 Å². The largest absolute Gasteiger partial charge is 0.482 e. The van der Waals surface area contributed by atoms with Gasteiger partial charge in [-0.1, -0.05) is 19.3 Å². The highest BCUT2D eigenvalue weighted by molar-refractivity contribution is 7.89. The summed E-state index contributed by atoms with van der Waals surface area (Å²) in [4.78, 5) is 32.0. The lowest BCUT2D eigenvalue weighted by molar-refractivity contribution is -0.133. The maximum absolute atomic E-state index is 13.3. The molecule has 2 amide bonds. The number of nitrogens with zero attached hydrogens (tertiary/aromatic N) is 4. The first-order valence-electron chi connectivity index (χ1n) is 13.5. The van der Waals surface area contributed by atoms with Gasteiger partial charge in [0, 0.05) is 32.2 Å². The normalized spacial score (nSPS) is 23.2. The second-order valence-electron chi connectivity index (χ2n) is 10.4. The number of sulfonamides is 1. The fourth-order valence-electron chi connectivity index (χ4n) is 5.95. The van der Waals surface area contributed by atoms with Gasteiger partial charge in [0.15, 0.2) is 6.61 Å². The maximum atomic E-state index is 13.3. The molecule has 4 aliphatic heterocycles. The van der Waals surface area contributed by atoms with Crippen molar-refractivity contribution in [3.63, 3.8) is 0 Å². The molecule has 9 nitrogen and oxygen atoms in total. The smallest absolute Gasteiger partial charge is 0.265 e. The van der Waals surface area contributed by atoms with Crippen molar-refractivity contribution in [3.8, 4) is 5.75 Å². The number of carbonyl (C=O) groups excluding carboxylic acids is 2. The van der Waals surface area contributed by atoms with Crippen LogP contribution in [0.3, 0.4) is 0 Å². The minimum absolute atomic E-state index is 0.100. The molecule has 3 saturated heterocycles. The van der Waals surface area contributed by atoms with Crippen molar-refractivity contribution >= 4 is 27.5 Å². The van der Waals surface area contributed by atoms with Crippen LogP contribution in [-0.4, -0.2) is 92.8 Å². The highest BCUT2D eigenvalue weighted by Crippen LogP contribution is 2.35. The number of rotatable bonds is 5. The van der Waals surface area contributed by atoms with Gasteiger partial charge in [-0.2, -0.15) is 4.31 Å². The number of benzene rings is 1. The number of piperidine rings is 2. The van der Waals surface area contributed by atoms with E-state index >= 15 is 0 Å². The summed E-state index contributed by atoms with van der Waals surface area (Å²) in [5, 5.41) is 0. The summed E-state index contributed by atoms with van der Waals surface area (Å²) in [6, 6.07) is 5.18. The van der Waals surface area contributed by atoms with Crippen LogP contribution in [0.15, 0.2) is 23.1 Å². The van der Waals surface area contributed by atoms with Gasteiger partial charge in [-0.3, -0.25) is 14.5 Å². The van der Waals surface area contributed by atoms with Crippen LogP contribution in [-0.2, 0) is 19.6 Å². The third kappa shape index (κ3) is 5.40. The Morgan fingerprint density at radius 3 is 2.22 bits per heavy atom. The molecular formula is C26H38N4O5S. The fourth-order valence-corrected chi connectivity index (χ4v) is 7.48. The third-order valence-electron chi connectivity index (χ3n) is 8.09. The van der Waals surface area contributed by atoms with Gasteiger partial charge in [0.05, 0.1) is 10.6 Å². The Balaban J connectivity index is 1.28. The van der Waals surface area contributed by atoms with Crippen molar-refractivity contribution in [2.75, 3.05) is 57.3 Å². The molecule has 0 bridgehead atoms. The van der Waals surface area contributed by atoms with E-state index in [0.29, 0.717) is 43.7 Å². The van der Waals surface area contributed by atoms with Crippen molar-refractivity contribution in [2.45, 2.75) is 68.7 Å². The lowest BCUT2D eigenvalue weighted by Gasteiger charge is -2.40. The molecule has 0 aliphatic carbocycles. The summed E-state index contributed by atoms with van der Waals surface area (Å²) in [5.74, 6) is -0.00142. The molecule has 1 aromatic carbocycles. The van der Waals surface area contributed by atoms with Gasteiger partial charge in [0.1, 0.15) is 12.3 Å². The Labute approximate surface area is 214 Å². The van der Waals surface area contributed by atoms with Crippen LogP contribution in [0.1, 0.15) is 57.8 Å². The summed E-state index contributed by atoms with van der Waals surface area (Å²) in [6.45, 7) is 4.44. The van der Waals surface area contributed by atoms with Crippen LogP contribution < -0.4 is 9.64 Å². The monoisotopic (exact) mass is 518 g/mol. The second-order valence-corrected chi connectivity index (χ2v) is 12.4. The maximum Gasteiger partial charge on any atom is 0.265 e. The molecular weight excluding hydrogens is 480 g/mol. The molecule has 0 N–H and O–H groups in total. The zero-order chi connectivity index (χ0) is 25.1. The van der Waals surface area contributed by atoms with Gasteiger partial charge in [0.2, 0.25) is 15.9 Å². The predicted octanol–water partition coefficient (Wildman–Crippen LogP) is 2.45. The molecule has 4 heterocycles. The summed E-state index contributed by atoms with van der Waals surface area (Å²) >= 11 is 0. The Kier molecular flexibility index (Phi) is 7.83. The molecule has 0 radical (unpaired) electrons. The minimum atomic E-state index is -3.69. The molecule has 36 heavy (non-hydrogen) atoms. The lowest BCUT2D eigenvalue weighted by atomic mass is 10.00. The van der Waals surface area contributed by atoms with Gasteiger partial charge >= 0.3 is 0 Å². The average Bonchev–Trinajstić information content (AvgIpc) is 3.21. The van der Waals surface area contributed by atoms with Crippen molar-refractivity contribution in [3.05, 3.63) is 18.2 Å². The van der Waals surface area contributed by atoms with Crippen LogP contribution in [0.2, 0.25) is 0 Å². The number of ether oxygens (including phenoxy) is 1. The van der Waals surface area contributed by atoms with Crippen LogP contribution in [0.4, 0.5) is 5.69 Å². The van der Waals surface area contributed by atoms with Gasteiger partial charge in [0.25, 0.3) is 5.91 Å². The molecule has 10 heteroatoms. The Morgan fingerprint density at radius 1 is 0.889 bits per heavy atom. The zero-order valence-electron chi connectivity index (χ0n) is 21.1. The average molecular weight is 519 g/mol. The highest BCUT2D eigenvalue weighted by atomic mass is 32.2. The fraction of sp³-hybridized carbons (Fsp3) is 0.692. The lowest BCUT2D eigenvalue weighted by Crippen LogP contribution is -2.51. The third-order valence-corrected chi connectivity index (χ3v) is 9.99. The van der Waals surface area contributed by atoms with Crippen molar-refractivity contribution < 1.29 is 22.7 Å². The summed E-state index contributed by atoms with van der Waals surface area (Å²) in [6.07, 6.45) is 9.49. The highest BCUT2D eigenvalue weighted by Gasteiger charge is 2.34. The van der Waals surface area contributed by atoms with E-state index < -0.39 is 10.0 Å². The standard InChI is InChI=1S/C26H38N4O5S/c31-25(28-16-10-21(11-17-28)27-12-4-3-5-13-27)19-30-23-18-22(8-9-24(23)35-20-26(30)32)36(33,34)29-14-6-1-2-7-15-29/h8-9,18,21H,1-7,10-17,19-20H2. The van der Waals surface area contributed by atoms with E-state index in [1.165, 1.54) is 34.5 Å². The molecule has 3 fully saturated rings. The van der Waals surface area contributed by atoms with Crippen LogP contribution >= 0.6 is 0 Å². The predicted molar refractivity (Wildman–Crippen MR) is 137 cm³/mol. The molecule has 0 saturated carbocycles. The minimum Gasteiger partial charge on any atom is -0.482 e. The molecule has 5 rings (SSSR count). The first-order chi connectivity index (χ1) is 17.4. The van der Waals surface area contributed by atoms with Crippen LogP contribution in [0.5, 0.6) is 5.75 Å². The van der Waals surface area contributed by atoms with Crippen molar-refractivity contribution in [1.29, 1.82) is 0 Å². The summed E-state index contributed by atoms with van der Waals surface area (Å²) in [5.41, 5.74) is 0.360. The molecule has 198 valence electrons. The summed E-state index contributed by atoms with van der Waals surface area (Å²) < 4.78 is 33.8. The van der Waals surface area contributed by atoms with Crippen LogP contribution in [0, 0.1) is 0 Å². The van der Waals surface area contributed by atoms with Crippen molar-refractivity contribution in [1.82, 2.24) is 14.1 Å². The Hall–Kier alpha value is -2.17. The Bertz CT molecular complexity index is 1060. The summed E-state index contributed by atoms with van der Waals surface area (Å²) in [7, 11) is -3.69. The number of amides is 2. The van der Waals surface area contributed by atoms with Crippen LogP contribution in [0.25, 0.3) is 0 Å². The number of hydrogen-bond acceptors (Lipinski definition) is 6. The van der Waals surface area contributed by atoms with E-state index in [1.807, 2.05) is 4.90 Å². The second kappa shape index (κ2) is 11.1.